The number of nitrogens with zero attached hydrogens (tertiary/aromatic N) is 5. The number of para-hydroxylation sites is 2. The van der Waals surface area contributed by atoms with Crippen LogP contribution in [0.2, 0.25) is 0 Å². The van der Waals surface area contributed by atoms with Crippen LogP contribution in [0.25, 0.3) is 0 Å². The van der Waals surface area contributed by atoms with E-state index in [0.717, 1.165) is 24.5 Å². The van der Waals surface area contributed by atoms with E-state index < -0.39 is 0 Å². The fraction of sp³-hybridized carbons (Fsp3) is 0.385. The van der Waals surface area contributed by atoms with Gasteiger partial charge in [-0.1, -0.05) is 12.1 Å². The fourth-order valence-corrected chi connectivity index (χ4v) is 2.40. The molecule has 0 unspecified atom stereocenters. The van der Waals surface area contributed by atoms with Crippen molar-refractivity contribution in [3.63, 3.8) is 0 Å². The Morgan fingerprint density at radius 1 is 1.25 bits per heavy atom. The molecule has 3 rings (SSSR count). The van der Waals surface area contributed by atoms with E-state index in [0.29, 0.717) is 0 Å². The van der Waals surface area contributed by atoms with Crippen molar-refractivity contribution in [3.05, 3.63) is 30.6 Å². The van der Waals surface area contributed by atoms with E-state index in [1.54, 1.807) is 0 Å². The minimum absolute atomic E-state index is 0.112. The quantitative estimate of drug-likeness (QED) is 0.895. The SMILES string of the molecule is O=C(Cn1cnnn1)Nc1ccccc1N1CCCC1. The third-order valence-electron chi connectivity index (χ3n) is 3.32. The zero-order valence-electron chi connectivity index (χ0n) is 11.1. The van der Waals surface area contributed by atoms with Gasteiger partial charge in [0.1, 0.15) is 12.9 Å². The van der Waals surface area contributed by atoms with Gasteiger partial charge in [-0.05, 0) is 35.4 Å². The highest BCUT2D eigenvalue weighted by Gasteiger charge is 2.16. The number of amides is 1. The minimum Gasteiger partial charge on any atom is -0.370 e. The van der Waals surface area contributed by atoms with E-state index >= 15 is 0 Å². The van der Waals surface area contributed by atoms with E-state index in [9.17, 15) is 4.79 Å². The lowest BCUT2D eigenvalue weighted by atomic mass is 10.2. The van der Waals surface area contributed by atoms with Crippen molar-refractivity contribution >= 4 is 17.3 Å². The maximum Gasteiger partial charge on any atom is 0.246 e. The predicted octanol–water partition coefficient (Wildman–Crippen LogP) is 0.912. The number of hydrogen-bond donors (Lipinski definition) is 1. The third kappa shape index (κ3) is 2.76. The van der Waals surface area contributed by atoms with Crippen molar-refractivity contribution in [1.29, 1.82) is 0 Å². The van der Waals surface area contributed by atoms with E-state index in [1.165, 1.54) is 23.9 Å². The van der Waals surface area contributed by atoms with Gasteiger partial charge >= 0.3 is 0 Å². The number of rotatable bonds is 4. The first-order chi connectivity index (χ1) is 9.83. The Bertz CT molecular complexity index is 576. The smallest absolute Gasteiger partial charge is 0.246 e. The summed E-state index contributed by atoms with van der Waals surface area (Å²) in [5.74, 6) is -0.135. The first-order valence-corrected chi connectivity index (χ1v) is 6.67. The molecule has 0 spiro atoms. The summed E-state index contributed by atoms with van der Waals surface area (Å²) in [6.45, 7) is 2.20. The van der Waals surface area contributed by atoms with E-state index in [4.69, 9.17) is 0 Å². The molecule has 1 amide bonds. The minimum atomic E-state index is -0.135. The molecule has 20 heavy (non-hydrogen) atoms. The van der Waals surface area contributed by atoms with Crippen LogP contribution in [0, 0.1) is 0 Å². The molecule has 1 aliphatic rings. The van der Waals surface area contributed by atoms with Crippen LogP contribution in [0.15, 0.2) is 30.6 Å². The Kier molecular flexibility index (Phi) is 3.58. The van der Waals surface area contributed by atoms with Crippen molar-refractivity contribution in [3.8, 4) is 0 Å². The van der Waals surface area contributed by atoms with Gasteiger partial charge in [-0.3, -0.25) is 4.79 Å². The lowest BCUT2D eigenvalue weighted by molar-refractivity contribution is -0.116. The number of benzene rings is 1. The van der Waals surface area contributed by atoms with Crippen molar-refractivity contribution in [1.82, 2.24) is 20.2 Å². The van der Waals surface area contributed by atoms with Gasteiger partial charge in [0, 0.05) is 13.1 Å². The molecule has 7 heteroatoms. The second-order valence-corrected chi connectivity index (χ2v) is 4.77. The van der Waals surface area contributed by atoms with Crippen molar-refractivity contribution < 1.29 is 4.79 Å². The largest absolute Gasteiger partial charge is 0.370 e. The van der Waals surface area contributed by atoms with E-state index in [1.807, 2.05) is 24.3 Å². The van der Waals surface area contributed by atoms with E-state index in [-0.39, 0.29) is 12.5 Å². The highest BCUT2D eigenvalue weighted by Crippen LogP contribution is 2.28. The Morgan fingerprint density at radius 2 is 2.05 bits per heavy atom. The maximum absolute atomic E-state index is 12.0. The average Bonchev–Trinajstić information content (AvgIpc) is 3.11. The molecule has 1 saturated heterocycles. The molecular formula is C13H16N6O. The van der Waals surface area contributed by atoms with Gasteiger partial charge in [-0.2, -0.15) is 0 Å². The molecule has 0 bridgehead atoms. The van der Waals surface area contributed by atoms with Crippen LogP contribution in [0.1, 0.15) is 12.8 Å². The van der Waals surface area contributed by atoms with Gasteiger partial charge in [0.25, 0.3) is 0 Å². The molecule has 2 heterocycles. The second-order valence-electron chi connectivity index (χ2n) is 4.77. The van der Waals surface area contributed by atoms with Crippen LogP contribution in [-0.4, -0.2) is 39.2 Å². The summed E-state index contributed by atoms with van der Waals surface area (Å²) in [7, 11) is 0. The highest BCUT2D eigenvalue weighted by atomic mass is 16.2. The zero-order chi connectivity index (χ0) is 13.8. The molecule has 1 aromatic heterocycles. The molecule has 1 fully saturated rings. The van der Waals surface area contributed by atoms with Gasteiger partial charge in [-0.15, -0.1) is 5.10 Å². The lowest BCUT2D eigenvalue weighted by Crippen LogP contribution is -2.23. The van der Waals surface area contributed by atoms with Crippen molar-refractivity contribution in [2.24, 2.45) is 0 Å². The van der Waals surface area contributed by atoms with Gasteiger partial charge in [0.05, 0.1) is 11.4 Å². The lowest BCUT2D eigenvalue weighted by Gasteiger charge is -2.21. The van der Waals surface area contributed by atoms with E-state index in [2.05, 4.69) is 25.7 Å². The van der Waals surface area contributed by atoms with Crippen molar-refractivity contribution in [2.45, 2.75) is 19.4 Å². The standard InChI is InChI=1S/C13H16N6O/c20-13(9-19-10-14-16-17-19)15-11-5-1-2-6-12(11)18-7-3-4-8-18/h1-2,5-6,10H,3-4,7-9H2,(H,15,20). The number of anilines is 2. The number of hydrogen-bond acceptors (Lipinski definition) is 5. The fourth-order valence-electron chi connectivity index (χ4n) is 2.40. The molecule has 7 nitrogen and oxygen atoms in total. The first-order valence-electron chi connectivity index (χ1n) is 6.67. The molecule has 2 aromatic rings. The summed E-state index contributed by atoms with van der Waals surface area (Å²) in [5.41, 5.74) is 1.92. The summed E-state index contributed by atoms with van der Waals surface area (Å²) in [6.07, 6.45) is 3.83. The molecule has 1 aromatic carbocycles. The van der Waals surface area contributed by atoms with Crippen LogP contribution >= 0.6 is 0 Å². The van der Waals surface area contributed by atoms with Crippen LogP contribution in [0.5, 0.6) is 0 Å². The van der Waals surface area contributed by atoms with Gasteiger partial charge in [0.2, 0.25) is 5.91 Å². The number of tetrazole rings is 1. The van der Waals surface area contributed by atoms with Crippen LogP contribution in [0.4, 0.5) is 11.4 Å². The molecule has 0 saturated carbocycles. The Morgan fingerprint density at radius 3 is 2.80 bits per heavy atom. The number of carbonyl (C=O) groups excluding carboxylic acids is 1. The Balaban J connectivity index is 1.71. The predicted molar refractivity (Wildman–Crippen MR) is 74.3 cm³/mol. The molecule has 0 radical (unpaired) electrons. The van der Waals surface area contributed by atoms with Crippen molar-refractivity contribution in [2.75, 3.05) is 23.3 Å². The molecule has 1 aliphatic heterocycles. The number of carbonyl (C=O) groups is 1. The monoisotopic (exact) mass is 272 g/mol. The third-order valence-corrected chi connectivity index (χ3v) is 3.32. The highest BCUT2D eigenvalue weighted by molar-refractivity contribution is 5.94. The Hall–Kier alpha value is -2.44. The number of nitrogens with one attached hydrogen (secondary N) is 1. The Labute approximate surface area is 116 Å². The summed E-state index contributed by atoms with van der Waals surface area (Å²) in [5, 5.41) is 13.6. The van der Waals surface area contributed by atoms with Crippen LogP contribution in [-0.2, 0) is 11.3 Å². The maximum atomic E-state index is 12.0. The molecular weight excluding hydrogens is 256 g/mol. The van der Waals surface area contributed by atoms with Gasteiger partial charge in [0.15, 0.2) is 0 Å². The topological polar surface area (TPSA) is 75.9 Å². The summed E-state index contributed by atoms with van der Waals surface area (Å²) >= 11 is 0. The van der Waals surface area contributed by atoms with Gasteiger partial charge < -0.3 is 10.2 Å². The number of aromatic nitrogens is 4. The average molecular weight is 272 g/mol. The molecule has 0 aliphatic carbocycles. The first kappa shape index (κ1) is 12.6. The van der Waals surface area contributed by atoms with Gasteiger partial charge in [-0.25, -0.2) is 4.68 Å². The van der Waals surface area contributed by atoms with Crippen LogP contribution < -0.4 is 10.2 Å². The van der Waals surface area contributed by atoms with Crippen LogP contribution in [0.3, 0.4) is 0 Å². The zero-order valence-corrected chi connectivity index (χ0v) is 11.1. The summed E-state index contributed by atoms with van der Waals surface area (Å²) < 4.78 is 1.40. The second kappa shape index (κ2) is 5.68. The molecule has 1 N–H and O–H groups in total. The molecule has 104 valence electrons. The summed E-state index contributed by atoms with van der Waals surface area (Å²) in [4.78, 5) is 14.3. The summed E-state index contributed by atoms with van der Waals surface area (Å²) in [6, 6.07) is 7.87. The molecule has 0 atom stereocenters. The normalized spacial score (nSPS) is 14.5.